The van der Waals surface area contributed by atoms with Crippen LogP contribution in [0.15, 0.2) is 0 Å². The molecular formula is C46H96N4O4. The Morgan fingerprint density at radius 2 is 0.426 bits per heavy atom. The lowest BCUT2D eigenvalue weighted by atomic mass is 9.71. The molecule has 0 bridgehead atoms. The molecule has 1 rings (SSSR count). The molecule has 54 heavy (non-hydrogen) atoms. The summed E-state index contributed by atoms with van der Waals surface area (Å²) in [5.74, 6) is 0. The Balaban J connectivity index is 4.12. The third-order valence-electron chi connectivity index (χ3n) is 14.8. The van der Waals surface area contributed by atoms with Gasteiger partial charge in [0.1, 0.15) is 0 Å². The van der Waals surface area contributed by atoms with Crippen molar-refractivity contribution in [2.45, 2.75) is 224 Å². The van der Waals surface area contributed by atoms with Gasteiger partial charge in [0.2, 0.25) is 0 Å². The van der Waals surface area contributed by atoms with E-state index in [4.69, 9.17) is 0 Å². The summed E-state index contributed by atoms with van der Waals surface area (Å²) in [6.45, 7) is 57.9. The number of aliphatic hydroxyl groups is 4. The van der Waals surface area contributed by atoms with E-state index in [1.165, 1.54) is 0 Å². The molecule has 0 aromatic rings. The Hall–Kier alpha value is -0.320. The monoisotopic (exact) mass is 769 g/mol. The van der Waals surface area contributed by atoms with Crippen molar-refractivity contribution in [1.29, 1.82) is 0 Å². The molecule has 324 valence electrons. The highest BCUT2D eigenvalue weighted by Crippen LogP contribution is 2.43. The molecule has 1 heterocycles. The van der Waals surface area contributed by atoms with Crippen molar-refractivity contribution in [1.82, 2.24) is 19.6 Å². The lowest BCUT2D eigenvalue weighted by molar-refractivity contribution is -0.118. The molecular weight excluding hydrogens is 673 g/mol. The average Bonchev–Trinajstić information content (AvgIpc) is 2.86. The summed E-state index contributed by atoms with van der Waals surface area (Å²) in [7, 11) is 0. The van der Waals surface area contributed by atoms with E-state index in [1.54, 1.807) is 0 Å². The third-order valence-corrected chi connectivity index (χ3v) is 14.8. The van der Waals surface area contributed by atoms with Gasteiger partial charge in [-0.05, 0) is 145 Å². The zero-order valence-electron chi connectivity index (χ0n) is 40.6. The first-order valence-corrected chi connectivity index (χ1v) is 21.1. The van der Waals surface area contributed by atoms with E-state index in [0.29, 0.717) is 0 Å². The van der Waals surface area contributed by atoms with Crippen LogP contribution in [0, 0.1) is 21.7 Å². The van der Waals surface area contributed by atoms with E-state index in [0.717, 1.165) is 65.2 Å². The number of nitrogens with zero attached hydrogens (tertiary/aromatic N) is 4. The topological polar surface area (TPSA) is 93.9 Å². The summed E-state index contributed by atoms with van der Waals surface area (Å²) in [5.41, 5.74) is -6.37. The smallest absolute Gasteiger partial charge is 0.0769 e. The largest absolute Gasteiger partial charge is 0.389 e. The minimum absolute atomic E-state index is 0.114. The van der Waals surface area contributed by atoms with Crippen LogP contribution in [0.2, 0.25) is 0 Å². The summed E-state index contributed by atoms with van der Waals surface area (Å²) >= 11 is 0. The van der Waals surface area contributed by atoms with Gasteiger partial charge in [0, 0.05) is 74.5 Å². The highest BCUT2D eigenvalue weighted by atomic mass is 16.3. The fourth-order valence-electron chi connectivity index (χ4n) is 9.14. The maximum atomic E-state index is 11.6. The van der Waals surface area contributed by atoms with E-state index in [-0.39, 0.29) is 21.7 Å². The molecule has 0 aromatic carbocycles. The molecule has 0 saturated carbocycles. The van der Waals surface area contributed by atoms with Crippen molar-refractivity contribution in [2.75, 3.05) is 52.4 Å². The Morgan fingerprint density at radius 3 is 0.537 bits per heavy atom. The van der Waals surface area contributed by atoms with Crippen LogP contribution in [0.5, 0.6) is 0 Å². The first kappa shape index (κ1) is 51.7. The zero-order chi connectivity index (χ0) is 43.4. The maximum absolute atomic E-state index is 11.6. The van der Waals surface area contributed by atoms with Gasteiger partial charge in [0.15, 0.2) is 0 Å². The van der Waals surface area contributed by atoms with Gasteiger partial charge < -0.3 is 20.4 Å². The maximum Gasteiger partial charge on any atom is 0.0769 e. The molecule has 1 aliphatic rings. The van der Waals surface area contributed by atoms with Crippen molar-refractivity contribution in [3.63, 3.8) is 0 Å². The Bertz CT molecular complexity index is 1020. The fourth-order valence-corrected chi connectivity index (χ4v) is 9.14. The number of rotatable bonds is 8. The van der Waals surface area contributed by atoms with Gasteiger partial charge in [-0.15, -0.1) is 0 Å². The van der Waals surface area contributed by atoms with E-state index >= 15 is 0 Å². The van der Waals surface area contributed by atoms with Crippen molar-refractivity contribution >= 4 is 0 Å². The number of hydrogen-bond donors (Lipinski definition) is 4. The van der Waals surface area contributed by atoms with E-state index in [9.17, 15) is 20.4 Å². The summed E-state index contributed by atoms with van der Waals surface area (Å²) < 4.78 is 0. The molecule has 1 aliphatic heterocycles. The first-order valence-electron chi connectivity index (χ1n) is 21.1. The van der Waals surface area contributed by atoms with Crippen LogP contribution in [0.3, 0.4) is 0 Å². The lowest BCUT2D eigenvalue weighted by Gasteiger charge is -2.55. The molecule has 0 unspecified atom stereocenters. The fraction of sp³-hybridized carbons (Fsp3) is 1.00. The molecule has 0 atom stereocenters. The predicted molar refractivity (Wildman–Crippen MR) is 232 cm³/mol. The zero-order valence-corrected chi connectivity index (χ0v) is 40.6. The van der Waals surface area contributed by atoms with Gasteiger partial charge in [-0.25, -0.2) is 0 Å². The van der Waals surface area contributed by atoms with Crippen molar-refractivity contribution in [3.8, 4) is 0 Å². The normalized spacial score (nSPS) is 24.2. The van der Waals surface area contributed by atoms with Crippen LogP contribution in [-0.2, 0) is 0 Å². The molecule has 1 fully saturated rings. The molecule has 8 nitrogen and oxygen atoms in total. The minimum atomic E-state index is -0.953. The van der Waals surface area contributed by atoms with Gasteiger partial charge in [-0.2, -0.15) is 0 Å². The van der Waals surface area contributed by atoms with Crippen LogP contribution < -0.4 is 0 Å². The minimum Gasteiger partial charge on any atom is -0.389 e. The van der Waals surface area contributed by atoms with Gasteiger partial charge in [0.05, 0.1) is 22.4 Å². The summed E-state index contributed by atoms with van der Waals surface area (Å²) in [6, 6.07) is 0. The van der Waals surface area contributed by atoms with Crippen LogP contribution in [0.1, 0.15) is 179 Å². The van der Waals surface area contributed by atoms with Crippen molar-refractivity contribution < 1.29 is 20.4 Å². The third kappa shape index (κ3) is 12.8. The van der Waals surface area contributed by atoms with Crippen molar-refractivity contribution in [2.24, 2.45) is 21.7 Å². The predicted octanol–water partition coefficient (Wildman–Crippen LogP) is 8.29. The standard InChI is InChI=1S/C46H96N4O4/c1-35(2)29-36(3,4)32-48(40(11,12)44(19,20)52)27-28-50(42(15,16)46(23,24)54)34-38(7,8)30-37(5,6)33-49(41(13,14)45(21,22)53)26-25-47(31-35)39(9,10)43(17,18)51/h51-54H,25-34H2,1-24H3. The summed E-state index contributed by atoms with van der Waals surface area (Å²) in [6.07, 6.45) is 1.88. The van der Waals surface area contributed by atoms with Crippen LogP contribution >= 0.6 is 0 Å². The Labute approximate surface area is 336 Å². The Morgan fingerprint density at radius 1 is 0.296 bits per heavy atom. The number of hydrogen-bond acceptors (Lipinski definition) is 8. The van der Waals surface area contributed by atoms with Crippen LogP contribution in [0.4, 0.5) is 0 Å². The van der Waals surface area contributed by atoms with E-state index < -0.39 is 44.6 Å². The molecule has 0 spiro atoms. The SMILES string of the molecule is CC1(C)CN(C(C)(C)C(C)(C)O)CCN(C(C)(C)C(C)(C)O)CC(C)(C)CC(C)(C)CN(C(C)(C)C(C)(C)O)CCN(C(C)(C)C(C)(C)O)CC(C)(C)C1. The first-order chi connectivity index (χ1) is 23.2. The molecule has 0 radical (unpaired) electrons. The quantitative estimate of drug-likeness (QED) is 0.196. The molecule has 0 amide bonds. The van der Waals surface area contributed by atoms with Crippen LogP contribution in [-0.4, -0.2) is 137 Å². The highest BCUT2D eigenvalue weighted by molar-refractivity contribution is 5.04. The van der Waals surface area contributed by atoms with Gasteiger partial charge in [0.25, 0.3) is 0 Å². The molecule has 4 N–H and O–H groups in total. The van der Waals surface area contributed by atoms with Crippen LogP contribution in [0.25, 0.3) is 0 Å². The molecule has 1 saturated heterocycles. The second-order valence-electron chi connectivity index (χ2n) is 25.2. The average molecular weight is 769 g/mol. The second-order valence-corrected chi connectivity index (χ2v) is 25.2. The molecule has 0 aliphatic carbocycles. The Kier molecular flexibility index (Phi) is 15.3. The lowest BCUT2D eigenvalue weighted by Crippen LogP contribution is -2.65. The summed E-state index contributed by atoms with van der Waals surface area (Å²) in [5, 5.41) is 46.6. The van der Waals surface area contributed by atoms with Crippen molar-refractivity contribution in [3.05, 3.63) is 0 Å². The molecule has 8 heteroatoms. The summed E-state index contributed by atoms with van der Waals surface area (Å²) in [4.78, 5) is 10.0. The van der Waals surface area contributed by atoms with Gasteiger partial charge in [-0.1, -0.05) is 55.4 Å². The van der Waals surface area contributed by atoms with Gasteiger partial charge in [-0.3, -0.25) is 19.6 Å². The highest BCUT2D eigenvalue weighted by Gasteiger charge is 2.49. The van der Waals surface area contributed by atoms with E-state index in [1.807, 2.05) is 55.4 Å². The molecule has 0 aromatic heterocycles. The van der Waals surface area contributed by atoms with E-state index in [2.05, 4.69) is 130 Å². The second kappa shape index (κ2) is 16.0. The van der Waals surface area contributed by atoms with Gasteiger partial charge >= 0.3 is 0 Å².